The Hall–Kier alpha value is -2.97. The third kappa shape index (κ3) is 4.08. The van der Waals surface area contributed by atoms with Crippen molar-refractivity contribution < 1.29 is 31.3 Å². The molecule has 0 radical (unpaired) electrons. The minimum Gasteiger partial charge on any atom is -0.507 e. The average molecular weight is 564 g/mol. The Bertz CT molecular complexity index is 1080. The van der Waals surface area contributed by atoms with Crippen LogP contribution in [0.2, 0.25) is 0 Å². The number of benzene rings is 2. The number of aryl methyl sites for hydroxylation is 2. The van der Waals surface area contributed by atoms with E-state index in [1.54, 1.807) is 24.3 Å². The third-order valence-electron chi connectivity index (χ3n) is 4.77. The monoisotopic (exact) mass is 563 g/mol. The summed E-state index contributed by atoms with van der Waals surface area (Å²) in [5.41, 5.74) is 6.19. The van der Waals surface area contributed by atoms with Gasteiger partial charge in [0.05, 0.1) is 22.8 Å². The summed E-state index contributed by atoms with van der Waals surface area (Å²) in [5.74, 6) is 0.393. The average Bonchev–Trinajstić information content (AvgIpc) is 2.70. The molecule has 4 nitrogen and oxygen atoms in total. The first-order chi connectivity index (χ1) is 13.5. The van der Waals surface area contributed by atoms with E-state index in [2.05, 4.69) is 0 Å². The van der Waals surface area contributed by atoms with E-state index in [0.29, 0.717) is 22.5 Å². The number of para-hydroxylation sites is 2. The Balaban J connectivity index is 0.00000240. The smallest absolute Gasteiger partial charge is 0.124 e. The zero-order valence-electron chi connectivity index (χ0n) is 16.0. The van der Waals surface area contributed by atoms with E-state index in [1.807, 2.05) is 62.4 Å². The summed E-state index contributed by atoms with van der Waals surface area (Å²) in [6, 6.07) is 22.2. The Labute approximate surface area is 184 Å². The van der Waals surface area contributed by atoms with Gasteiger partial charge in [-0.05, 0) is 61.4 Å². The molecule has 0 aliphatic carbocycles. The number of hydrogen-bond donors (Lipinski definition) is 2. The van der Waals surface area contributed by atoms with Gasteiger partial charge >= 0.3 is 0 Å². The second kappa shape index (κ2) is 8.58. The van der Waals surface area contributed by atoms with E-state index in [4.69, 9.17) is 9.97 Å². The molecule has 0 fully saturated rings. The summed E-state index contributed by atoms with van der Waals surface area (Å²) >= 11 is 0. The van der Waals surface area contributed by atoms with Gasteiger partial charge in [0.2, 0.25) is 0 Å². The van der Waals surface area contributed by atoms with Gasteiger partial charge in [-0.15, -0.1) is 0 Å². The molecule has 0 atom stereocenters. The molecule has 0 saturated carbocycles. The molecule has 148 valence electrons. The molecule has 4 rings (SSSR count). The molecule has 4 aromatic rings. The summed E-state index contributed by atoms with van der Waals surface area (Å²) in [5, 5.41) is 20.5. The first-order valence-corrected chi connectivity index (χ1v) is 9.07. The van der Waals surface area contributed by atoms with Gasteiger partial charge in [0.1, 0.15) is 11.5 Å². The van der Waals surface area contributed by atoms with Gasteiger partial charge in [-0.3, -0.25) is 0 Å². The molecule has 0 saturated heterocycles. The van der Waals surface area contributed by atoms with Gasteiger partial charge < -0.3 is 10.2 Å². The molecule has 0 unspecified atom stereocenters. The minimum atomic E-state index is 0. The first kappa shape index (κ1) is 20.8. The predicted molar refractivity (Wildman–Crippen MR) is 111 cm³/mol. The van der Waals surface area contributed by atoms with E-state index in [9.17, 15) is 10.2 Å². The Morgan fingerprint density at radius 1 is 0.552 bits per heavy atom. The Kier molecular flexibility index (Phi) is 6.14. The fourth-order valence-corrected chi connectivity index (χ4v) is 3.24. The van der Waals surface area contributed by atoms with Crippen molar-refractivity contribution >= 4 is 0 Å². The molecule has 0 bridgehead atoms. The molecule has 2 aromatic heterocycles. The van der Waals surface area contributed by atoms with Crippen LogP contribution < -0.4 is 0 Å². The van der Waals surface area contributed by atoms with Crippen molar-refractivity contribution in [2.75, 3.05) is 0 Å². The van der Waals surface area contributed by atoms with Gasteiger partial charge in [-0.25, -0.2) is 9.97 Å². The van der Waals surface area contributed by atoms with Crippen molar-refractivity contribution in [1.29, 1.82) is 0 Å². The van der Waals surface area contributed by atoms with E-state index in [-0.39, 0.29) is 32.6 Å². The zero-order valence-corrected chi connectivity index (χ0v) is 18.3. The number of phenols is 2. The van der Waals surface area contributed by atoms with Crippen molar-refractivity contribution in [3.05, 3.63) is 83.9 Å². The number of hydrogen-bond acceptors (Lipinski definition) is 4. The molecule has 5 heteroatoms. The van der Waals surface area contributed by atoms with Crippen molar-refractivity contribution in [3.63, 3.8) is 0 Å². The van der Waals surface area contributed by atoms with Gasteiger partial charge in [-0.2, -0.15) is 0 Å². The molecule has 0 spiro atoms. The van der Waals surface area contributed by atoms with Crippen molar-refractivity contribution in [2.45, 2.75) is 13.8 Å². The van der Waals surface area contributed by atoms with Crippen LogP contribution in [0.5, 0.6) is 11.5 Å². The summed E-state index contributed by atoms with van der Waals surface area (Å²) in [6.45, 7) is 3.93. The molecule has 0 aliphatic heterocycles. The summed E-state index contributed by atoms with van der Waals surface area (Å²) < 4.78 is 0. The molecular formula is C24H20N2O2Pt. The first-order valence-electron chi connectivity index (χ1n) is 9.07. The second-order valence-electron chi connectivity index (χ2n) is 6.76. The maximum atomic E-state index is 10.2. The van der Waals surface area contributed by atoms with Crippen molar-refractivity contribution in [1.82, 2.24) is 9.97 Å². The molecule has 0 aliphatic rings. The maximum Gasteiger partial charge on any atom is 0.124 e. The quantitative estimate of drug-likeness (QED) is 0.346. The number of phenolic OH excluding ortho intramolecular Hbond substituents is 2. The fourth-order valence-electron chi connectivity index (χ4n) is 3.24. The molecule has 0 amide bonds. The van der Waals surface area contributed by atoms with Crippen LogP contribution in [0.3, 0.4) is 0 Å². The van der Waals surface area contributed by atoms with Crippen LogP contribution >= 0.6 is 0 Å². The van der Waals surface area contributed by atoms with Crippen LogP contribution in [0, 0.1) is 13.8 Å². The second-order valence-corrected chi connectivity index (χ2v) is 6.76. The van der Waals surface area contributed by atoms with Crippen LogP contribution in [-0.2, 0) is 21.1 Å². The zero-order chi connectivity index (χ0) is 19.7. The number of aromatic hydroxyl groups is 2. The largest absolute Gasteiger partial charge is 0.507 e. The van der Waals surface area contributed by atoms with Crippen molar-refractivity contribution in [3.8, 4) is 45.4 Å². The maximum absolute atomic E-state index is 10.2. The minimum absolute atomic E-state index is 0. The van der Waals surface area contributed by atoms with Gasteiger partial charge in [0, 0.05) is 32.2 Å². The van der Waals surface area contributed by atoms with Crippen LogP contribution in [0.15, 0.2) is 72.8 Å². The van der Waals surface area contributed by atoms with E-state index < -0.39 is 0 Å². The number of rotatable bonds is 3. The number of nitrogens with zero attached hydrogens (tertiary/aromatic N) is 2. The standard InChI is InChI=1S/C24H20N2O2.Pt/c1-15-11-13-19(25-23(15)17-7-3-5-9-21(17)27)20-14-12-16(2)24(26-20)18-8-4-6-10-22(18)28;/h3-14,27-28H,1-2H3;. The van der Waals surface area contributed by atoms with Crippen molar-refractivity contribution in [2.24, 2.45) is 0 Å². The van der Waals surface area contributed by atoms with E-state index in [1.165, 1.54) is 0 Å². The van der Waals surface area contributed by atoms with E-state index >= 15 is 0 Å². The molecule has 2 aromatic carbocycles. The van der Waals surface area contributed by atoms with Gasteiger partial charge in [0.15, 0.2) is 0 Å². The van der Waals surface area contributed by atoms with E-state index in [0.717, 1.165) is 22.5 Å². The van der Waals surface area contributed by atoms with Gasteiger partial charge in [-0.1, -0.05) is 36.4 Å². The van der Waals surface area contributed by atoms with Crippen LogP contribution in [0.1, 0.15) is 11.1 Å². The van der Waals surface area contributed by atoms with Crippen LogP contribution in [0.4, 0.5) is 0 Å². The molecular weight excluding hydrogens is 543 g/mol. The number of pyridine rings is 2. The summed E-state index contributed by atoms with van der Waals surface area (Å²) in [6.07, 6.45) is 0. The van der Waals surface area contributed by atoms with Crippen LogP contribution in [-0.4, -0.2) is 20.2 Å². The molecule has 2 heterocycles. The predicted octanol–water partition coefficient (Wildman–Crippen LogP) is 5.50. The van der Waals surface area contributed by atoms with Gasteiger partial charge in [0.25, 0.3) is 0 Å². The van der Waals surface area contributed by atoms with Crippen LogP contribution in [0.25, 0.3) is 33.9 Å². The Morgan fingerprint density at radius 2 is 0.931 bits per heavy atom. The fraction of sp³-hybridized carbons (Fsp3) is 0.0833. The SMILES string of the molecule is Cc1ccc(-c2ccc(C)c(-c3ccccc3O)n2)nc1-c1ccccc1O.[Pt]. The summed E-state index contributed by atoms with van der Waals surface area (Å²) in [7, 11) is 0. The Morgan fingerprint density at radius 3 is 1.31 bits per heavy atom. The molecule has 2 N–H and O–H groups in total. The third-order valence-corrected chi connectivity index (χ3v) is 4.77. The molecule has 29 heavy (non-hydrogen) atoms. The normalized spacial score (nSPS) is 10.4. The number of aromatic nitrogens is 2. The topological polar surface area (TPSA) is 66.2 Å². The summed E-state index contributed by atoms with van der Waals surface area (Å²) in [4.78, 5) is 9.55.